The van der Waals surface area contributed by atoms with Crippen LogP contribution in [0.5, 0.6) is 0 Å². The second-order valence-electron chi connectivity index (χ2n) is 2.72. The van der Waals surface area contributed by atoms with E-state index in [0.717, 1.165) is 20.7 Å². The van der Waals surface area contributed by atoms with Crippen molar-refractivity contribution in [3.05, 3.63) is 29.9 Å². The number of hydrogen-bond donors (Lipinski definition) is 1. The molecule has 0 atom stereocenters. The van der Waals surface area contributed by atoms with Gasteiger partial charge in [-0.1, -0.05) is 53.0 Å². The van der Waals surface area contributed by atoms with Gasteiger partial charge in [0.2, 0.25) is 0 Å². The summed E-state index contributed by atoms with van der Waals surface area (Å²) in [5.74, 6) is 0.510. The molecule has 0 bridgehead atoms. The molecule has 98 valence electrons. The van der Waals surface area contributed by atoms with Crippen molar-refractivity contribution in [1.29, 1.82) is 0 Å². The van der Waals surface area contributed by atoms with Gasteiger partial charge >= 0.3 is 0 Å². The van der Waals surface area contributed by atoms with Crippen LogP contribution in [-0.2, 0) is 0 Å². The molecule has 2 rings (SSSR count). The van der Waals surface area contributed by atoms with E-state index in [1.165, 1.54) is 17.7 Å². The molecule has 0 saturated carbocycles. The lowest BCUT2D eigenvalue weighted by atomic mass is 10.2. The normalized spacial score (nSPS) is 8.67. The summed E-state index contributed by atoms with van der Waals surface area (Å²) in [7, 11) is 0. The number of thiophene rings is 1. The lowest BCUT2D eigenvalue weighted by molar-refractivity contribution is 1.24. The maximum Gasteiger partial charge on any atom is 0.144 e. The Morgan fingerprint density at radius 3 is 2.22 bits per heavy atom. The fraction of sp³-hybridized carbons (Fsp3) is 0.286. The largest absolute Gasteiger partial charge is 0.382 e. The average Bonchev–Trinajstić information content (AvgIpc) is 2.82. The Hall–Kier alpha value is -1.68. The number of anilines is 1. The van der Waals surface area contributed by atoms with Gasteiger partial charge in [0.25, 0.3) is 0 Å². The number of rotatable bonds is 2. The zero-order chi connectivity index (χ0) is 14.1. The van der Waals surface area contributed by atoms with Gasteiger partial charge in [0.05, 0.1) is 10.2 Å². The predicted octanol–water partition coefficient (Wildman–Crippen LogP) is 4.61. The van der Waals surface area contributed by atoms with E-state index in [2.05, 4.69) is 23.1 Å². The Morgan fingerprint density at radius 2 is 1.72 bits per heavy atom. The summed E-state index contributed by atoms with van der Waals surface area (Å²) >= 11 is 1.54. The number of hydrogen-bond acceptors (Lipinski definition) is 4. The van der Waals surface area contributed by atoms with E-state index in [1.807, 2.05) is 27.7 Å². The Balaban J connectivity index is 0.000000659. The quantitative estimate of drug-likeness (QED) is 0.860. The van der Waals surface area contributed by atoms with Crippen LogP contribution in [0.3, 0.4) is 0 Å². The third-order valence-electron chi connectivity index (χ3n) is 1.95. The van der Waals surface area contributed by atoms with Crippen molar-refractivity contribution in [2.24, 2.45) is 0 Å². The fourth-order valence-electron chi connectivity index (χ4n) is 1.31. The summed E-state index contributed by atoms with van der Waals surface area (Å²) in [6.45, 7) is 15.5. The second-order valence-corrected chi connectivity index (χ2v) is 3.78. The summed E-state index contributed by atoms with van der Waals surface area (Å²) in [5, 5.41) is 0. The van der Waals surface area contributed by atoms with Crippen LogP contribution >= 0.6 is 11.3 Å². The molecule has 4 heteroatoms. The first-order chi connectivity index (χ1) is 8.77. The molecule has 18 heavy (non-hydrogen) atoms. The molecular formula is C14H21N3S. The van der Waals surface area contributed by atoms with Crippen molar-refractivity contribution >= 4 is 39.5 Å². The van der Waals surface area contributed by atoms with Crippen molar-refractivity contribution in [2.75, 3.05) is 5.73 Å². The first-order valence-corrected chi connectivity index (χ1v) is 6.87. The molecule has 0 fully saturated rings. The second kappa shape index (κ2) is 8.42. The molecule has 0 amide bonds. The first kappa shape index (κ1) is 16.3. The molecule has 0 saturated heterocycles. The molecule has 0 unspecified atom stereocenters. The van der Waals surface area contributed by atoms with Crippen LogP contribution in [0.2, 0.25) is 0 Å². The highest BCUT2D eigenvalue weighted by atomic mass is 32.1. The lowest BCUT2D eigenvalue weighted by Crippen LogP contribution is -1.90. The number of nitrogen functional groups attached to an aromatic ring is 1. The van der Waals surface area contributed by atoms with Crippen LogP contribution in [0.15, 0.2) is 19.5 Å². The summed E-state index contributed by atoms with van der Waals surface area (Å²) in [5.41, 5.74) is 7.57. The van der Waals surface area contributed by atoms with Crippen LogP contribution in [0, 0.1) is 0 Å². The summed E-state index contributed by atoms with van der Waals surface area (Å²) in [4.78, 5) is 9.15. The topological polar surface area (TPSA) is 51.8 Å². The van der Waals surface area contributed by atoms with Crippen molar-refractivity contribution in [3.63, 3.8) is 0 Å². The van der Waals surface area contributed by atoms with Gasteiger partial charge in [0.15, 0.2) is 0 Å². The predicted molar refractivity (Wildman–Crippen MR) is 84.7 cm³/mol. The van der Waals surface area contributed by atoms with E-state index < -0.39 is 0 Å². The Kier molecular flexibility index (Phi) is 7.63. The first-order valence-electron chi connectivity index (χ1n) is 6.05. The van der Waals surface area contributed by atoms with Crippen LogP contribution in [0.25, 0.3) is 22.4 Å². The minimum absolute atomic E-state index is 0.510. The summed E-state index contributed by atoms with van der Waals surface area (Å²) in [6, 6.07) is 0. The number of nitrogens with two attached hydrogens (primary N) is 1. The van der Waals surface area contributed by atoms with Gasteiger partial charge in [0.1, 0.15) is 12.1 Å². The molecule has 0 spiro atoms. The van der Waals surface area contributed by atoms with E-state index in [1.54, 1.807) is 12.2 Å². The van der Waals surface area contributed by atoms with Gasteiger partial charge in [-0.05, 0) is 0 Å². The Bertz CT molecular complexity index is 515. The molecule has 3 nitrogen and oxygen atoms in total. The van der Waals surface area contributed by atoms with E-state index >= 15 is 0 Å². The third-order valence-corrected chi connectivity index (χ3v) is 3.17. The maximum absolute atomic E-state index is 5.74. The highest BCUT2D eigenvalue weighted by molar-refractivity contribution is 7.20. The summed E-state index contributed by atoms with van der Waals surface area (Å²) < 4.78 is 0.900. The van der Waals surface area contributed by atoms with E-state index in [0.29, 0.717) is 5.82 Å². The Labute approximate surface area is 113 Å². The van der Waals surface area contributed by atoms with Crippen LogP contribution in [-0.4, -0.2) is 9.97 Å². The average molecular weight is 263 g/mol. The number of nitrogens with zero attached hydrogens (tertiary/aromatic N) is 2. The van der Waals surface area contributed by atoms with Gasteiger partial charge in [-0.2, -0.15) is 0 Å². The molecule has 0 aliphatic carbocycles. The van der Waals surface area contributed by atoms with E-state index in [9.17, 15) is 0 Å². The molecule has 2 heterocycles. The van der Waals surface area contributed by atoms with Gasteiger partial charge in [-0.15, -0.1) is 11.3 Å². The minimum atomic E-state index is 0.510. The van der Waals surface area contributed by atoms with Gasteiger partial charge in [0, 0.05) is 10.4 Å². The molecular weight excluding hydrogens is 242 g/mol. The third kappa shape index (κ3) is 3.17. The lowest BCUT2D eigenvalue weighted by Gasteiger charge is -1.93. The van der Waals surface area contributed by atoms with Gasteiger partial charge < -0.3 is 5.73 Å². The SMILES string of the molecule is C=Cc1sc2c(N)ncnc2c1C=C.CC.CC. The molecule has 0 aliphatic heterocycles. The zero-order valence-corrected chi connectivity index (χ0v) is 12.3. The van der Waals surface area contributed by atoms with Crippen molar-refractivity contribution in [2.45, 2.75) is 27.7 Å². The molecule has 0 aliphatic rings. The number of aromatic nitrogens is 2. The van der Waals surface area contributed by atoms with Crippen molar-refractivity contribution < 1.29 is 0 Å². The van der Waals surface area contributed by atoms with Gasteiger partial charge in [-0.3, -0.25) is 0 Å². The molecule has 2 N–H and O–H groups in total. The van der Waals surface area contributed by atoms with Crippen LogP contribution < -0.4 is 5.73 Å². The molecule has 2 aromatic rings. The Morgan fingerprint density at radius 1 is 1.11 bits per heavy atom. The van der Waals surface area contributed by atoms with Crippen LogP contribution in [0.1, 0.15) is 38.1 Å². The number of fused-ring (bicyclic) bond motifs is 1. The summed E-state index contributed by atoms with van der Waals surface area (Å²) in [6.07, 6.45) is 5.01. The fourth-order valence-corrected chi connectivity index (χ4v) is 2.32. The highest BCUT2D eigenvalue weighted by Gasteiger charge is 2.10. The van der Waals surface area contributed by atoms with Crippen LogP contribution in [0.4, 0.5) is 5.82 Å². The van der Waals surface area contributed by atoms with E-state index in [-0.39, 0.29) is 0 Å². The molecule has 0 radical (unpaired) electrons. The van der Waals surface area contributed by atoms with Gasteiger partial charge in [-0.25, -0.2) is 9.97 Å². The van der Waals surface area contributed by atoms with E-state index in [4.69, 9.17) is 5.73 Å². The van der Waals surface area contributed by atoms with Crippen molar-refractivity contribution in [3.8, 4) is 0 Å². The minimum Gasteiger partial charge on any atom is -0.382 e. The molecule has 0 aromatic carbocycles. The molecule has 2 aromatic heterocycles. The smallest absolute Gasteiger partial charge is 0.144 e. The standard InChI is InChI=1S/C10H9N3S.2C2H6/c1-3-6-7(4-2)14-9-8(6)12-5-13-10(9)11;2*1-2/h3-5H,1-2H2,(H2,11,12,13);2*1-2H3. The van der Waals surface area contributed by atoms with Crippen molar-refractivity contribution in [1.82, 2.24) is 9.97 Å². The maximum atomic E-state index is 5.74. The zero-order valence-electron chi connectivity index (χ0n) is 11.5. The monoisotopic (exact) mass is 263 g/mol. The highest BCUT2D eigenvalue weighted by Crippen LogP contribution is 2.33.